The van der Waals surface area contributed by atoms with Gasteiger partial charge in [-0.2, -0.15) is 10.4 Å². The molecule has 0 radical (unpaired) electrons. The van der Waals surface area contributed by atoms with E-state index in [9.17, 15) is 14.8 Å². The molecule has 0 spiro atoms. The number of terminal acetylenes is 1. The Hall–Kier alpha value is -4.44. The van der Waals surface area contributed by atoms with Gasteiger partial charge in [0.1, 0.15) is 30.1 Å². The smallest absolute Gasteiger partial charge is 0.138 e. The minimum absolute atomic E-state index is 0.111. The summed E-state index contributed by atoms with van der Waals surface area (Å²) in [5, 5.41) is 24.1. The predicted molar refractivity (Wildman–Crippen MR) is 149 cm³/mol. The number of hydrogen-bond donors (Lipinski definition) is 1. The molecule has 3 aliphatic heterocycles. The fourth-order valence-corrected chi connectivity index (χ4v) is 5.64. The van der Waals surface area contributed by atoms with Gasteiger partial charge in [0.2, 0.25) is 0 Å². The molecular weight excluding hydrogens is 507 g/mol. The first kappa shape index (κ1) is 25.8. The average Bonchev–Trinajstić information content (AvgIpc) is 3.37. The second kappa shape index (κ2) is 9.95. The number of aromatic nitrogens is 3. The van der Waals surface area contributed by atoms with Crippen molar-refractivity contribution >= 4 is 11.3 Å². The second-order valence-corrected chi connectivity index (χ2v) is 11.2. The molecule has 40 heavy (non-hydrogen) atoms. The van der Waals surface area contributed by atoms with E-state index in [1.807, 2.05) is 30.5 Å². The molecule has 3 fully saturated rings. The number of ether oxygens (including phenoxy) is 1. The first-order valence-corrected chi connectivity index (χ1v) is 13.2. The number of piperidine rings is 1. The molecule has 2 atom stereocenters. The number of pyridine rings is 2. The number of anilines is 1. The van der Waals surface area contributed by atoms with Crippen LogP contribution in [-0.2, 0) is 6.54 Å². The fourth-order valence-electron chi connectivity index (χ4n) is 5.64. The van der Waals surface area contributed by atoms with Gasteiger partial charge >= 0.3 is 0 Å². The van der Waals surface area contributed by atoms with Gasteiger partial charge in [-0.25, -0.2) is 13.9 Å². The molecular formula is C31H29FN6O2. The molecule has 3 aliphatic rings. The average molecular weight is 537 g/mol. The Bertz CT molecular complexity index is 1650. The lowest BCUT2D eigenvalue weighted by Crippen LogP contribution is -2.68. The summed E-state index contributed by atoms with van der Waals surface area (Å²) in [5.41, 5.74) is 3.21. The number of halogens is 1. The van der Waals surface area contributed by atoms with Crippen LogP contribution in [0.25, 0.3) is 16.6 Å². The van der Waals surface area contributed by atoms with E-state index in [2.05, 4.69) is 26.9 Å². The zero-order valence-corrected chi connectivity index (χ0v) is 22.4. The molecule has 202 valence electrons. The van der Waals surface area contributed by atoms with Gasteiger partial charge in [0.15, 0.2) is 0 Å². The monoisotopic (exact) mass is 536 g/mol. The third-order valence-electron chi connectivity index (χ3n) is 7.52. The molecule has 8 nitrogen and oxygen atoms in total. The molecule has 1 aromatic carbocycles. The van der Waals surface area contributed by atoms with E-state index >= 15 is 0 Å². The van der Waals surface area contributed by atoms with Crippen molar-refractivity contribution in [3.63, 3.8) is 0 Å². The maximum atomic E-state index is 14.0. The molecule has 4 aromatic rings. The lowest BCUT2D eigenvalue weighted by atomic mass is 9.86. The summed E-state index contributed by atoms with van der Waals surface area (Å²) >= 11 is 0. The van der Waals surface area contributed by atoms with Gasteiger partial charge in [0.05, 0.1) is 29.1 Å². The molecule has 6 heterocycles. The number of piperazine rings is 1. The molecule has 0 amide bonds. The van der Waals surface area contributed by atoms with Crippen molar-refractivity contribution in [2.45, 2.75) is 44.5 Å². The van der Waals surface area contributed by atoms with Gasteiger partial charge in [-0.05, 0) is 62.2 Å². The summed E-state index contributed by atoms with van der Waals surface area (Å²) in [6.45, 7) is 5.82. The van der Waals surface area contributed by atoms with Crippen LogP contribution in [0.1, 0.15) is 37.0 Å². The first-order valence-electron chi connectivity index (χ1n) is 13.2. The summed E-state index contributed by atoms with van der Waals surface area (Å²) < 4.78 is 21.4. The topological polar surface area (TPSA) is 89.9 Å². The standard InChI is InChI=1S/C31H29FN6O2/c1-4-20-7-21(9-24(32)8-20)15-37-25-10-26(37)17-36(16-25)29-6-5-22(13-34-29)28-11-27(40-19-31(2,3)39)18-38-30(28)23(12-33)14-35-38/h1,5-9,11,13-14,18,25-26,39H,10,15-17,19H2,2-3H3. The molecule has 9 heteroatoms. The fraction of sp³-hybridized carbons (Fsp3) is 0.323. The van der Waals surface area contributed by atoms with Crippen molar-refractivity contribution < 1.29 is 14.2 Å². The van der Waals surface area contributed by atoms with Crippen LogP contribution >= 0.6 is 0 Å². The van der Waals surface area contributed by atoms with Crippen molar-refractivity contribution in [1.82, 2.24) is 19.5 Å². The lowest BCUT2D eigenvalue weighted by Gasteiger charge is -2.56. The SMILES string of the molecule is C#Cc1cc(F)cc(CN2C3CC2CN(c2ccc(-c4cc(OCC(C)(C)O)cn5ncc(C#N)c45)cn2)C3)c1. The van der Waals surface area contributed by atoms with Crippen LogP contribution in [0.4, 0.5) is 10.2 Å². The summed E-state index contributed by atoms with van der Waals surface area (Å²) in [5.74, 6) is 3.65. The largest absolute Gasteiger partial charge is 0.489 e. The highest BCUT2D eigenvalue weighted by Crippen LogP contribution is 2.37. The summed E-state index contributed by atoms with van der Waals surface area (Å²) in [6.07, 6.45) is 11.6. The van der Waals surface area contributed by atoms with E-state index in [0.717, 1.165) is 42.0 Å². The number of fused-ring (bicyclic) bond motifs is 3. The van der Waals surface area contributed by atoms with E-state index in [-0.39, 0.29) is 12.4 Å². The van der Waals surface area contributed by atoms with E-state index in [1.165, 1.54) is 12.3 Å². The van der Waals surface area contributed by atoms with Crippen LogP contribution in [0.5, 0.6) is 5.75 Å². The minimum Gasteiger partial charge on any atom is -0.489 e. The summed E-state index contributed by atoms with van der Waals surface area (Å²) in [4.78, 5) is 9.48. The number of benzene rings is 1. The number of aliphatic hydroxyl groups is 1. The Kier molecular flexibility index (Phi) is 6.42. The molecule has 2 bridgehead atoms. The normalized spacial score (nSPS) is 18.7. The van der Waals surface area contributed by atoms with Crippen LogP contribution in [0.3, 0.4) is 0 Å². The van der Waals surface area contributed by atoms with Crippen LogP contribution < -0.4 is 9.64 Å². The minimum atomic E-state index is -0.993. The molecule has 3 aromatic heterocycles. The van der Waals surface area contributed by atoms with Crippen molar-refractivity contribution in [3.05, 3.63) is 77.5 Å². The van der Waals surface area contributed by atoms with Crippen molar-refractivity contribution in [2.75, 3.05) is 24.6 Å². The van der Waals surface area contributed by atoms with Crippen LogP contribution in [0, 0.1) is 29.5 Å². The highest BCUT2D eigenvalue weighted by Gasteiger charge is 2.44. The van der Waals surface area contributed by atoms with Gasteiger partial charge < -0.3 is 14.7 Å². The van der Waals surface area contributed by atoms with E-state index in [4.69, 9.17) is 16.1 Å². The van der Waals surface area contributed by atoms with Crippen LogP contribution in [-0.4, -0.2) is 62.0 Å². The summed E-state index contributed by atoms with van der Waals surface area (Å²) in [7, 11) is 0. The quantitative estimate of drug-likeness (QED) is 0.357. The zero-order valence-electron chi connectivity index (χ0n) is 22.4. The number of rotatable bonds is 7. The third-order valence-corrected chi connectivity index (χ3v) is 7.52. The molecule has 2 unspecified atom stereocenters. The van der Waals surface area contributed by atoms with Gasteiger partial charge in [-0.15, -0.1) is 6.42 Å². The van der Waals surface area contributed by atoms with Gasteiger partial charge in [0.25, 0.3) is 0 Å². The highest BCUT2D eigenvalue weighted by atomic mass is 19.1. The second-order valence-electron chi connectivity index (χ2n) is 11.2. The molecule has 7 rings (SSSR count). The Morgan fingerprint density at radius 3 is 2.65 bits per heavy atom. The lowest BCUT2D eigenvalue weighted by molar-refractivity contribution is -0.00874. The summed E-state index contributed by atoms with van der Waals surface area (Å²) in [6, 6.07) is 13.6. The van der Waals surface area contributed by atoms with E-state index in [0.29, 0.717) is 41.0 Å². The number of nitrogens with zero attached hydrogens (tertiary/aromatic N) is 6. The molecule has 0 saturated carbocycles. The van der Waals surface area contributed by atoms with Gasteiger partial charge in [-0.3, -0.25) is 4.90 Å². The predicted octanol–water partition coefficient (Wildman–Crippen LogP) is 4.00. The number of nitriles is 1. The Morgan fingerprint density at radius 2 is 1.98 bits per heavy atom. The maximum Gasteiger partial charge on any atom is 0.138 e. The Labute approximate surface area is 232 Å². The van der Waals surface area contributed by atoms with Crippen molar-refractivity contribution in [2.24, 2.45) is 0 Å². The third kappa shape index (κ3) is 4.98. The molecule has 3 saturated heterocycles. The van der Waals surface area contributed by atoms with Gasteiger partial charge in [-0.1, -0.05) is 5.92 Å². The van der Waals surface area contributed by atoms with Crippen LogP contribution in [0.2, 0.25) is 0 Å². The zero-order chi connectivity index (χ0) is 28.0. The molecule has 1 N–H and O–H groups in total. The highest BCUT2D eigenvalue weighted by molar-refractivity contribution is 5.85. The maximum absolute atomic E-state index is 14.0. The van der Waals surface area contributed by atoms with E-state index in [1.54, 1.807) is 30.6 Å². The molecule has 0 aliphatic carbocycles. The van der Waals surface area contributed by atoms with Crippen molar-refractivity contribution in [1.29, 1.82) is 5.26 Å². The van der Waals surface area contributed by atoms with Crippen LogP contribution in [0.15, 0.2) is 55.0 Å². The van der Waals surface area contributed by atoms with E-state index < -0.39 is 5.60 Å². The Balaban J connectivity index is 1.20. The first-order chi connectivity index (χ1) is 19.2. The Morgan fingerprint density at radius 1 is 1.18 bits per heavy atom. The number of hydrogen-bond acceptors (Lipinski definition) is 7. The van der Waals surface area contributed by atoms with Gasteiger partial charge in [0, 0.05) is 54.6 Å². The van der Waals surface area contributed by atoms with Crippen molar-refractivity contribution in [3.8, 4) is 35.3 Å².